The van der Waals surface area contributed by atoms with Gasteiger partial charge in [-0.1, -0.05) is 6.92 Å². The normalized spacial score (nSPS) is 39.4. The number of hydrogen-bond acceptors (Lipinski definition) is 4. The van der Waals surface area contributed by atoms with Gasteiger partial charge in [-0.3, -0.25) is 0 Å². The van der Waals surface area contributed by atoms with Gasteiger partial charge in [-0.25, -0.2) is 0 Å². The van der Waals surface area contributed by atoms with Crippen LogP contribution in [0.15, 0.2) is 0 Å². The molecule has 0 aromatic heterocycles. The fourth-order valence-electron chi connectivity index (χ4n) is 1.56. The fraction of sp³-hybridized carbons (Fsp3) is 1.00. The fourth-order valence-corrected chi connectivity index (χ4v) is 1.56. The molecule has 1 saturated heterocycles. The smallest absolute Gasteiger partial charge is 0.107 e. The van der Waals surface area contributed by atoms with E-state index in [1.165, 1.54) is 0 Å². The van der Waals surface area contributed by atoms with E-state index in [2.05, 4.69) is 0 Å². The van der Waals surface area contributed by atoms with E-state index >= 15 is 0 Å². The first-order valence-electron chi connectivity index (χ1n) is 4.20. The second-order valence-corrected chi connectivity index (χ2v) is 3.40. The van der Waals surface area contributed by atoms with Crippen molar-refractivity contribution in [3.63, 3.8) is 0 Å². The largest absolute Gasteiger partial charge is 0.394 e. The van der Waals surface area contributed by atoms with Crippen LogP contribution in [0.4, 0.5) is 0 Å². The molecule has 0 aliphatic carbocycles. The molecule has 0 amide bonds. The summed E-state index contributed by atoms with van der Waals surface area (Å²) in [5.41, 5.74) is 0. The minimum atomic E-state index is -0.777. The Balaban J connectivity index is -0.000000480. The number of hydrogen-bond donors (Lipinski definition) is 3. The van der Waals surface area contributed by atoms with Crippen LogP contribution in [0.2, 0.25) is 0 Å². The SMILES string of the molecule is CC1C(O)[C@@H](C)O[C@@H](CO)[C@H]1O.[Ac].[Ac].[Ac]. The second kappa shape index (κ2) is 11.9. The van der Waals surface area contributed by atoms with E-state index in [9.17, 15) is 10.2 Å². The summed E-state index contributed by atoms with van der Waals surface area (Å²) in [6, 6.07) is 0. The molecular formula is C8H16Ac3O4. The van der Waals surface area contributed by atoms with Gasteiger partial charge in [-0.2, -0.15) is 0 Å². The van der Waals surface area contributed by atoms with Gasteiger partial charge in [0, 0.05) is 138 Å². The molecule has 1 rings (SSSR count). The molecule has 0 saturated carbocycles. The van der Waals surface area contributed by atoms with E-state index in [1.807, 2.05) is 0 Å². The molecule has 81 valence electrons. The van der Waals surface area contributed by atoms with Crippen molar-refractivity contribution >= 4 is 0 Å². The summed E-state index contributed by atoms with van der Waals surface area (Å²) in [6.45, 7) is 3.27. The first-order valence-corrected chi connectivity index (χ1v) is 4.20. The monoisotopic (exact) mass is 857 g/mol. The Morgan fingerprint density at radius 1 is 1.00 bits per heavy atom. The molecule has 15 heavy (non-hydrogen) atoms. The van der Waals surface area contributed by atoms with Gasteiger partial charge in [0.25, 0.3) is 0 Å². The maximum Gasteiger partial charge on any atom is 0.107 e. The Labute approximate surface area is 198 Å². The molecule has 3 N–H and O–H groups in total. The predicted octanol–water partition coefficient (Wildman–Crippen LogP) is -0.876. The zero-order valence-corrected chi connectivity index (χ0v) is 23.3. The molecule has 0 bridgehead atoms. The van der Waals surface area contributed by atoms with Crippen molar-refractivity contribution in [2.45, 2.75) is 38.3 Å². The topological polar surface area (TPSA) is 69.9 Å². The van der Waals surface area contributed by atoms with E-state index in [-0.39, 0.29) is 151 Å². The Hall–Kier alpha value is 4.16. The number of rotatable bonds is 1. The van der Waals surface area contributed by atoms with Crippen molar-refractivity contribution in [2.75, 3.05) is 6.61 Å². The third kappa shape index (κ3) is 6.93. The van der Waals surface area contributed by atoms with Gasteiger partial charge in [-0.05, 0) is 6.92 Å². The van der Waals surface area contributed by atoms with Crippen molar-refractivity contribution in [3.8, 4) is 0 Å². The number of aliphatic hydroxyl groups is 3. The van der Waals surface area contributed by atoms with Crippen LogP contribution in [-0.4, -0.2) is 46.3 Å². The first-order chi connectivity index (χ1) is 5.57. The summed E-state index contributed by atoms with van der Waals surface area (Å²) < 4.78 is 5.18. The molecule has 5 atom stereocenters. The molecular weight excluding hydrogens is 841 g/mol. The van der Waals surface area contributed by atoms with Crippen molar-refractivity contribution in [1.29, 1.82) is 0 Å². The number of ether oxygens (including phenoxy) is 1. The summed E-state index contributed by atoms with van der Waals surface area (Å²) in [6.07, 6.45) is -2.30. The predicted molar refractivity (Wildman–Crippen MR) is 42.6 cm³/mol. The average molecular weight is 857 g/mol. The van der Waals surface area contributed by atoms with Crippen LogP contribution in [-0.2, 0) is 4.74 Å². The van der Waals surface area contributed by atoms with Gasteiger partial charge in [-0.15, -0.1) is 0 Å². The third-order valence-corrected chi connectivity index (χ3v) is 2.51. The standard InChI is InChI=1S/C8H16O4.3Ac/c1-4-7(10)5(2)12-6(3-9)8(4)11;;;/h4-11H,3H2,1-2H3;;;/t4?,5-,6+,7?,8+;;;/m1.../s1. The van der Waals surface area contributed by atoms with Crippen LogP contribution in [0.25, 0.3) is 0 Å². The van der Waals surface area contributed by atoms with Crippen molar-refractivity contribution in [3.05, 3.63) is 0 Å². The zero-order valence-electron chi connectivity index (χ0n) is 9.08. The van der Waals surface area contributed by atoms with Crippen LogP contribution < -0.4 is 0 Å². The molecule has 0 aromatic rings. The van der Waals surface area contributed by atoms with Crippen LogP contribution in [0.5, 0.6) is 0 Å². The Bertz CT molecular complexity index is 156. The Morgan fingerprint density at radius 3 is 1.87 bits per heavy atom. The maximum absolute atomic E-state index is 9.48. The molecule has 1 fully saturated rings. The van der Waals surface area contributed by atoms with Gasteiger partial charge in [0.15, 0.2) is 0 Å². The molecule has 7 heteroatoms. The van der Waals surface area contributed by atoms with Gasteiger partial charge in [0.2, 0.25) is 0 Å². The molecule has 4 nitrogen and oxygen atoms in total. The van der Waals surface area contributed by atoms with E-state index in [0.29, 0.717) is 0 Å². The van der Waals surface area contributed by atoms with Gasteiger partial charge in [0.05, 0.1) is 24.9 Å². The minimum absolute atomic E-state index is 0. The Morgan fingerprint density at radius 2 is 1.47 bits per heavy atom. The van der Waals surface area contributed by atoms with Crippen molar-refractivity contribution in [2.24, 2.45) is 5.92 Å². The molecule has 0 aromatic carbocycles. The molecule has 0 spiro atoms. The van der Waals surface area contributed by atoms with Crippen molar-refractivity contribution in [1.82, 2.24) is 0 Å². The first kappa shape index (κ1) is 24.2. The van der Waals surface area contributed by atoms with Crippen LogP contribution >= 0.6 is 0 Å². The van der Waals surface area contributed by atoms with E-state index in [4.69, 9.17) is 9.84 Å². The van der Waals surface area contributed by atoms with E-state index in [0.717, 1.165) is 0 Å². The van der Waals surface area contributed by atoms with Gasteiger partial charge in [0.1, 0.15) is 6.10 Å². The minimum Gasteiger partial charge on any atom is -0.394 e. The molecule has 1 heterocycles. The molecule has 3 radical (unpaired) electrons. The second-order valence-electron chi connectivity index (χ2n) is 3.40. The molecule has 1 aliphatic rings. The zero-order chi connectivity index (χ0) is 9.30. The molecule has 1 aliphatic heterocycles. The Kier molecular flexibility index (Phi) is 19.3. The quantitative estimate of drug-likeness (QED) is 0.321. The van der Waals surface area contributed by atoms with Crippen LogP contribution in [0, 0.1) is 138 Å². The average Bonchev–Trinajstić information content (AvgIpc) is 2.08. The van der Waals surface area contributed by atoms with E-state index in [1.54, 1.807) is 13.8 Å². The van der Waals surface area contributed by atoms with Crippen LogP contribution in [0.3, 0.4) is 0 Å². The van der Waals surface area contributed by atoms with Crippen LogP contribution in [0.1, 0.15) is 13.8 Å². The van der Waals surface area contributed by atoms with Crippen molar-refractivity contribution < 1.29 is 152 Å². The summed E-state index contributed by atoms with van der Waals surface area (Å²) in [5.74, 6) is -0.245. The molecule has 2 unspecified atom stereocenters. The maximum atomic E-state index is 9.48. The summed E-state index contributed by atoms with van der Waals surface area (Å²) in [4.78, 5) is 0. The summed E-state index contributed by atoms with van der Waals surface area (Å²) >= 11 is 0. The summed E-state index contributed by atoms with van der Waals surface area (Å²) in [5, 5.41) is 27.8. The summed E-state index contributed by atoms with van der Waals surface area (Å²) in [7, 11) is 0. The number of aliphatic hydroxyl groups excluding tert-OH is 3. The van der Waals surface area contributed by atoms with E-state index < -0.39 is 18.3 Å². The van der Waals surface area contributed by atoms with Gasteiger partial charge < -0.3 is 20.1 Å². The third-order valence-electron chi connectivity index (χ3n) is 2.51. The van der Waals surface area contributed by atoms with Gasteiger partial charge >= 0.3 is 0 Å².